The SMILES string of the molecule is C=C(Cn1cc(C)c([N+](=O)[O-])n1)C(=O)OCC. The van der Waals surface area contributed by atoms with E-state index in [4.69, 9.17) is 4.74 Å². The molecule has 0 N–H and O–H groups in total. The van der Waals surface area contributed by atoms with E-state index in [1.807, 2.05) is 0 Å². The first-order chi connectivity index (χ1) is 7.95. The minimum atomic E-state index is -0.570. The van der Waals surface area contributed by atoms with E-state index in [2.05, 4.69) is 11.7 Å². The highest BCUT2D eigenvalue weighted by atomic mass is 16.6. The largest absolute Gasteiger partial charge is 0.463 e. The first-order valence-corrected chi connectivity index (χ1v) is 4.99. The van der Waals surface area contributed by atoms with Crippen LogP contribution in [0, 0.1) is 17.0 Å². The van der Waals surface area contributed by atoms with Gasteiger partial charge in [0.15, 0.2) is 0 Å². The molecule has 17 heavy (non-hydrogen) atoms. The van der Waals surface area contributed by atoms with Gasteiger partial charge in [-0.1, -0.05) is 6.58 Å². The highest BCUT2D eigenvalue weighted by Crippen LogP contribution is 2.14. The third-order valence-corrected chi connectivity index (χ3v) is 2.01. The summed E-state index contributed by atoms with van der Waals surface area (Å²) in [6.45, 7) is 7.15. The molecule has 7 heteroatoms. The molecule has 92 valence electrons. The molecular weight excluding hydrogens is 226 g/mol. The zero-order chi connectivity index (χ0) is 13.0. The van der Waals surface area contributed by atoms with Gasteiger partial charge < -0.3 is 14.9 Å². The van der Waals surface area contributed by atoms with Crippen LogP contribution in [0.1, 0.15) is 12.5 Å². The van der Waals surface area contributed by atoms with Crippen molar-refractivity contribution >= 4 is 11.8 Å². The van der Waals surface area contributed by atoms with Crippen LogP contribution in [0.4, 0.5) is 5.82 Å². The zero-order valence-electron chi connectivity index (χ0n) is 9.67. The summed E-state index contributed by atoms with van der Waals surface area (Å²) in [6, 6.07) is 0. The topological polar surface area (TPSA) is 87.3 Å². The van der Waals surface area contributed by atoms with Crippen LogP contribution < -0.4 is 0 Å². The number of aryl methyl sites for hydroxylation is 1. The highest BCUT2D eigenvalue weighted by molar-refractivity contribution is 5.87. The van der Waals surface area contributed by atoms with Crippen molar-refractivity contribution < 1.29 is 14.5 Å². The number of hydrogen-bond acceptors (Lipinski definition) is 5. The van der Waals surface area contributed by atoms with Crippen LogP contribution in [0.3, 0.4) is 0 Å². The van der Waals surface area contributed by atoms with Gasteiger partial charge in [0.25, 0.3) is 0 Å². The monoisotopic (exact) mass is 239 g/mol. The number of rotatable bonds is 5. The summed E-state index contributed by atoms with van der Waals surface area (Å²) in [4.78, 5) is 21.3. The third kappa shape index (κ3) is 3.13. The van der Waals surface area contributed by atoms with Crippen LogP contribution in [0.15, 0.2) is 18.3 Å². The Morgan fingerprint density at radius 3 is 2.82 bits per heavy atom. The van der Waals surface area contributed by atoms with Crippen LogP contribution in [0.5, 0.6) is 0 Å². The number of hydrogen-bond donors (Lipinski definition) is 0. The van der Waals surface area contributed by atoms with Crippen LogP contribution in [0.25, 0.3) is 0 Å². The van der Waals surface area contributed by atoms with E-state index in [0.717, 1.165) is 0 Å². The number of carbonyl (C=O) groups excluding carboxylic acids is 1. The molecule has 0 radical (unpaired) electrons. The predicted octanol–water partition coefficient (Wildman–Crippen LogP) is 1.22. The molecule has 0 aliphatic carbocycles. The molecule has 0 bridgehead atoms. The van der Waals surface area contributed by atoms with Crippen molar-refractivity contribution in [3.8, 4) is 0 Å². The molecule has 1 rings (SSSR count). The number of esters is 1. The molecule has 7 nitrogen and oxygen atoms in total. The van der Waals surface area contributed by atoms with Gasteiger partial charge in [-0.05, 0) is 18.8 Å². The van der Waals surface area contributed by atoms with Gasteiger partial charge in [0.1, 0.15) is 0 Å². The van der Waals surface area contributed by atoms with E-state index in [-0.39, 0.29) is 24.5 Å². The van der Waals surface area contributed by atoms with E-state index < -0.39 is 10.9 Å². The Labute approximate surface area is 97.8 Å². The Kier molecular flexibility index (Phi) is 3.97. The Balaban J connectivity index is 2.76. The molecule has 0 spiro atoms. The number of aromatic nitrogens is 2. The first kappa shape index (κ1) is 12.9. The van der Waals surface area contributed by atoms with Gasteiger partial charge in [-0.3, -0.25) is 0 Å². The molecule has 1 aromatic rings. The van der Waals surface area contributed by atoms with Crippen LogP contribution in [-0.2, 0) is 16.1 Å². The Morgan fingerprint density at radius 1 is 1.71 bits per heavy atom. The molecule has 1 aromatic heterocycles. The second-order valence-corrected chi connectivity index (χ2v) is 3.41. The standard InChI is InChI=1S/C10H13N3O4/c1-4-17-10(14)8(3)6-12-5-7(2)9(11-12)13(15)16/h5H,3-4,6H2,1-2H3. The molecule has 0 atom stereocenters. The van der Waals surface area contributed by atoms with Crippen molar-refractivity contribution in [2.24, 2.45) is 0 Å². The second-order valence-electron chi connectivity index (χ2n) is 3.41. The van der Waals surface area contributed by atoms with Gasteiger partial charge >= 0.3 is 11.8 Å². The summed E-state index contributed by atoms with van der Waals surface area (Å²) in [7, 11) is 0. The fourth-order valence-corrected chi connectivity index (χ4v) is 1.27. The molecule has 0 amide bonds. The molecule has 0 aliphatic heterocycles. The average molecular weight is 239 g/mol. The smallest absolute Gasteiger partial charge is 0.392 e. The molecule has 0 saturated carbocycles. The number of carbonyl (C=O) groups is 1. The molecule has 0 aliphatic rings. The zero-order valence-corrected chi connectivity index (χ0v) is 9.67. The van der Waals surface area contributed by atoms with Gasteiger partial charge in [-0.15, -0.1) is 0 Å². The maximum absolute atomic E-state index is 11.3. The van der Waals surface area contributed by atoms with Crippen molar-refractivity contribution in [2.75, 3.05) is 6.61 Å². The lowest BCUT2D eigenvalue weighted by Crippen LogP contribution is -2.12. The lowest BCUT2D eigenvalue weighted by molar-refractivity contribution is -0.390. The quantitative estimate of drug-likeness (QED) is 0.333. The summed E-state index contributed by atoms with van der Waals surface area (Å²) < 4.78 is 6.05. The number of nitro groups is 1. The average Bonchev–Trinajstić information content (AvgIpc) is 2.59. The Morgan fingerprint density at radius 2 is 2.35 bits per heavy atom. The van der Waals surface area contributed by atoms with E-state index in [1.165, 1.54) is 10.9 Å². The predicted molar refractivity (Wildman–Crippen MR) is 59.4 cm³/mol. The van der Waals surface area contributed by atoms with Gasteiger partial charge in [-0.25, -0.2) is 4.79 Å². The molecule has 0 fully saturated rings. The number of nitrogens with zero attached hydrogens (tertiary/aromatic N) is 3. The van der Waals surface area contributed by atoms with Crippen LogP contribution in [0.2, 0.25) is 0 Å². The lowest BCUT2D eigenvalue weighted by Gasteiger charge is -2.02. The third-order valence-electron chi connectivity index (χ3n) is 2.01. The van der Waals surface area contributed by atoms with E-state index in [0.29, 0.717) is 5.56 Å². The van der Waals surface area contributed by atoms with Crippen molar-refractivity contribution in [1.82, 2.24) is 9.78 Å². The maximum Gasteiger partial charge on any atom is 0.392 e. The normalized spacial score (nSPS) is 10.0. The van der Waals surface area contributed by atoms with Crippen LogP contribution >= 0.6 is 0 Å². The first-order valence-electron chi connectivity index (χ1n) is 4.99. The fourth-order valence-electron chi connectivity index (χ4n) is 1.27. The molecule has 0 saturated heterocycles. The van der Waals surface area contributed by atoms with Crippen molar-refractivity contribution in [3.05, 3.63) is 34.0 Å². The maximum atomic E-state index is 11.3. The van der Waals surface area contributed by atoms with E-state index in [1.54, 1.807) is 13.8 Å². The van der Waals surface area contributed by atoms with Crippen molar-refractivity contribution in [3.63, 3.8) is 0 Å². The highest BCUT2D eigenvalue weighted by Gasteiger charge is 2.18. The summed E-state index contributed by atoms with van der Waals surface area (Å²) in [5, 5.41) is 14.3. The van der Waals surface area contributed by atoms with Crippen molar-refractivity contribution in [1.29, 1.82) is 0 Å². The van der Waals surface area contributed by atoms with Crippen molar-refractivity contribution in [2.45, 2.75) is 20.4 Å². The Hall–Kier alpha value is -2.18. The van der Waals surface area contributed by atoms with Gasteiger partial charge in [0, 0.05) is 0 Å². The van der Waals surface area contributed by atoms with E-state index >= 15 is 0 Å². The lowest BCUT2D eigenvalue weighted by atomic mass is 10.3. The summed E-state index contributed by atoms with van der Waals surface area (Å²) in [5.74, 6) is -0.745. The second kappa shape index (κ2) is 5.24. The summed E-state index contributed by atoms with van der Waals surface area (Å²) in [5.41, 5.74) is 0.635. The molecular formula is C10H13N3O4. The van der Waals surface area contributed by atoms with Gasteiger partial charge in [-0.2, -0.15) is 4.68 Å². The molecule has 0 aromatic carbocycles. The summed E-state index contributed by atoms with van der Waals surface area (Å²) in [6.07, 6.45) is 1.49. The minimum Gasteiger partial charge on any atom is -0.463 e. The van der Waals surface area contributed by atoms with Gasteiger partial charge in [0.05, 0.1) is 35.6 Å². The van der Waals surface area contributed by atoms with E-state index in [9.17, 15) is 14.9 Å². The Bertz CT molecular complexity index is 464. The number of ether oxygens (including phenoxy) is 1. The molecule has 0 unspecified atom stereocenters. The summed E-state index contributed by atoms with van der Waals surface area (Å²) >= 11 is 0. The van der Waals surface area contributed by atoms with Gasteiger partial charge in [0.2, 0.25) is 0 Å². The fraction of sp³-hybridized carbons (Fsp3) is 0.400. The van der Waals surface area contributed by atoms with Crippen LogP contribution in [-0.4, -0.2) is 27.3 Å². The molecule has 1 heterocycles. The minimum absolute atomic E-state index is 0.0769.